The molecule has 1 aromatic rings. The largest absolute Gasteiger partial charge is 0.507 e. The Morgan fingerprint density at radius 2 is 2.15 bits per heavy atom. The van der Waals surface area contributed by atoms with E-state index in [2.05, 4.69) is 48.5 Å². The van der Waals surface area contributed by atoms with Crippen molar-refractivity contribution >= 4 is 29.1 Å². The van der Waals surface area contributed by atoms with Crippen molar-refractivity contribution < 1.29 is 14.8 Å². The molecule has 0 aromatic heterocycles. The Morgan fingerprint density at radius 3 is 2.85 bits per heavy atom. The predicted molar refractivity (Wildman–Crippen MR) is 113 cm³/mol. The second-order valence-corrected chi connectivity index (χ2v) is 7.64. The zero-order valence-corrected chi connectivity index (χ0v) is 17.3. The molecule has 1 aromatic carbocycles. The third-order valence-corrected chi connectivity index (χ3v) is 5.18. The Bertz CT molecular complexity index is 696. The number of hydrogen-bond donors (Lipinski definition) is 2. The number of rotatable bonds is 8. The SMILES string of the molecule is C=C(CC)C1=CCB(O)OC1CC/C(=C/c1cc(Br)ccc1O)CCC. The topological polar surface area (TPSA) is 49.7 Å². The number of phenolic OH excluding ortho intramolecular Hbond substituents is 1. The predicted octanol–water partition coefficient (Wildman–Crippen LogP) is 5.89. The smallest absolute Gasteiger partial charge is 0.458 e. The molecule has 2 rings (SSSR count). The number of phenols is 1. The molecule has 1 aliphatic heterocycles. The van der Waals surface area contributed by atoms with Crippen molar-refractivity contribution in [3.05, 3.63) is 57.6 Å². The molecule has 0 amide bonds. The summed E-state index contributed by atoms with van der Waals surface area (Å²) in [4.78, 5) is 0. The molecular formula is C21H28BBrO3. The minimum absolute atomic E-state index is 0.123. The number of hydrogen-bond acceptors (Lipinski definition) is 3. The van der Waals surface area contributed by atoms with Crippen LogP contribution in [0.2, 0.25) is 6.32 Å². The van der Waals surface area contributed by atoms with Gasteiger partial charge in [0.2, 0.25) is 0 Å². The molecule has 0 fully saturated rings. The van der Waals surface area contributed by atoms with Crippen LogP contribution in [0.15, 0.2) is 52.0 Å². The number of benzene rings is 1. The average Bonchev–Trinajstić information content (AvgIpc) is 2.62. The van der Waals surface area contributed by atoms with Crippen LogP contribution in [0.4, 0.5) is 0 Å². The summed E-state index contributed by atoms with van der Waals surface area (Å²) in [6, 6.07) is 5.46. The maximum atomic E-state index is 10.1. The Morgan fingerprint density at radius 1 is 1.38 bits per heavy atom. The Hall–Kier alpha value is -1.30. The highest BCUT2D eigenvalue weighted by Gasteiger charge is 2.27. The first-order valence-electron chi connectivity index (χ1n) is 9.34. The molecule has 1 aliphatic rings. The van der Waals surface area contributed by atoms with Gasteiger partial charge in [-0.2, -0.15) is 0 Å². The van der Waals surface area contributed by atoms with Crippen molar-refractivity contribution in [2.24, 2.45) is 0 Å². The van der Waals surface area contributed by atoms with Crippen molar-refractivity contribution in [2.45, 2.75) is 58.4 Å². The third-order valence-electron chi connectivity index (χ3n) is 4.69. The highest BCUT2D eigenvalue weighted by atomic mass is 79.9. The number of allylic oxidation sites excluding steroid dienone is 2. The first-order chi connectivity index (χ1) is 12.4. The summed E-state index contributed by atoms with van der Waals surface area (Å²) in [6.45, 7) is 8.38. The molecule has 1 atom stereocenters. The molecule has 0 radical (unpaired) electrons. The van der Waals surface area contributed by atoms with Crippen LogP contribution in [0.25, 0.3) is 6.08 Å². The highest BCUT2D eigenvalue weighted by molar-refractivity contribution is 9.10. The molecule has 1 unspecified atom stereocenters. The van der Waals surface area contributed by atoms with E-state index in [0.717, 1.165) is 53.3 Å². The van der Waals surface area contributed by atoms with Crippen molar-refractivity contribution in [1.82, 2.24) is 0 Å². The summed E-state index contributed by atoms with van der Waals surface area (Å²) >= 11 is 3.46. The first kappa shape index (κ1) is 21.0. The van der Waals surface area contributed by atoms with E-state index >= 15 is 0 Å². The average molecular weight is 419 g/mol. The van der Waals surface area contributed by atoms with Gasteiger partial charge in [-0.25, -0.2) is 0 Å². The lowest BCUT2D eigenvalue weighted by Crippen LogP contribution is -2.31. The minimum Gasteiger partial charge on any atom is -0.507 e. The van der Waals surface area contributed by atoms with E-state index in [-0.39, 0.29) is 11.9 Å². The second-order valence-electron chi connectivity index (χ2n) is 6.73. The van der Waals surface area contributed by atoms with Gasteiger partial charge in [-0.3, -0.25) is 0 Å². The van der Waals surface area contributed by atoms with Crippen LogP contribution in [0.5, 0.6) is 5.75 Å². The normalized spacial score (nSPS) is 18.0. The monoisotopic (exact) mass is 418 g/mol. The Balaban J connectivity index is 2.15. The van der Waals surface area contributed by atoms with E-state index in [9.17, 15) is 10.1 Å². The molecule has 0 saturated carbocycles. The molecule has 140 valence electrons. The summed E-state index contributed by atoms with van der Waals surface area (Å²) in [5, 5.41) is 20.0. The van der Waals surface area contributed by atoms with Gasteiger partial charge in [0.15, 0.2) is 0 Å². The molecule has 5 heteroatoms. The number of halogens is 1. The summed E-state index contributed by atoms with van der Waals surface area (Å²) in [5.41, 5.74) is 4.29. The van der Waals surface area contributed by atoms with Crippen LogP contribution >= 0.6 is 15.9 Å². The lowest BCUT2D eigenvalue weighted by Gasteiger charge is -2.28. The second kappa shape index (κ2) is 10.1. The summed E-state index contributed by atoms with van der Waals surface area (Å²) in [6.07, 6.45) is 9.07. The van der Waals surface area contributed by atoms with Crippen molar-refractivity contribution in [3.8, 4) is 5.75 Å². The molecule has 2 N–H and O–H groups in total. The van der Waals surface area contributed by atoms with Gasteiger partial charge in [0.05, 0.1) is 6.10 Å². The highest BCUT2D eigenvalue weighted by Crippen LogP contribution is 2.31. The summed E-state index contributed by atoms with van der Waals surface area (Å²) < 4.78 is 6.73. The van der Waals surface area contributed by atoms with Crippen LogP contribution in [-0.4, -0.2) is 23.4 Å². The van der Waals surface area contributed by atoms with E-state index in [0.29, 0.717) is 6.32 Å². The van der Waals surface area contributed by atoms with Gasteiger partial charge in [-0.1, -0.05) is 66.1 Å². The van der Waals surface area contributed by atoms with Gasteiger partial charge < -0.3 is 14.8 Å². The fourth-order valence-electron chi connectivity index (χ4n) is 3.25. The van der Waals surface area contributed by atoms with Gasteiger partial charge in [-0.05, 0) is 49.5 Å². The van der Waals surface area contributed by atoms with E-state index in [1.54, 1.807) is 6.07 Å². The standard InChI is InChI=1S/C21H28BBrO3/c1-4-6-16(13-17-14-18(23)8-9-20(17)24)7-10-21-19(15(3)5-2)11-12-22(25)26-21/h8-9,11,13-14,21,24-25H,3-7,10,12H2,1-2H3/b16-13+. The third kappa shape index (κ3) is 5.87. The minimum atomic E-state index is -0.735. The van der Waals surface area contributed by atoms with Crippen LogP contribution < -0.4 is 0 Å². The first-order valence-corrected chi connectivity index (χ1v) is 10.1. The van der Waals surface area contributed by atoms with Crippen LogP contribution in [0, 0.1) is 0 Å². The molecule has 3 nitrogen and oxygen atoms in total. The van der Waals surface area contributed by atoms with Crippen LogP contribution in [0.3, 0.4) is 0 Å². The quantitative estimate of drug-likeness (QED) is 0.517. The van der Waals surface area contributed by atoms with Crippen LogP contribution in [-0.2, 0) is 4.65 Å². The van der Waals surface area contributed by atoms with E-state index in [1.807, 2.05) is 12.1 Å². The Labute approximate surface area is 165 Å². The van der Waals surface area contributed by atoms with Gasteiger partial charge >= 0.3 is 7.12 Å². The van der Waals surface area contributed by atoms with Crippen molar-refractivity contribution in [2.75, 3.05) is 0 Å². The van der Waals surface area contributed by atoms with Crippen molar-refractivity contribution in [1.29, 1.82) is 0 Å². The van der Waals surface area contributed by atoms with Crippen LogP contribution in [0.1, 0.15) is 51.5 Å². The van der Waals surface area contributed by atoms with Gasteiger partial charge in [-0.15, -0.1) is 0 Å². The van der Waals surface area contributed by atoms with Gasteiger partial charge in [0, 0.05) is 16.4 Å². The molecule has 1 heterocycles. The fraction of sp³-hybridized carbons (Fsp3) is 0.429. The van der Waals surface area contributed by atoms with Gasteiger partial charge in [0.1, 0.15) is 5.75 Å². The Kier molecular flexibility index (Phi) is 8.20. The fourth-order valence-corrected chi connectivity index (χ4v) is 3.62. The molecule has 0 spiro atoms. The maximum absolute atomic E-state index is 10.1. The molecule has 0 saturated heterocycles. The lowest BCUT2D eigenvalue weighted by atomic mass is 9.77. The summed E-state index contributed by atoms with van der Waals surface area (Å²) in [5.74, 6) is 0.283. The van der Waals surface area contributed by atoms with E-state index in [4.69, 9.17) is 4.65 Å². The van der Waals surface area contributed by atoms with E-state index in [1.165, 1.54) is 5.57 Å². The zero-order valence-electron chi connectivity index (χ0n) is 15.7. The summed E-state index contributed by atoms with van der Waals surface area (Å²) in [7, 11) is -0.735. The van der Waals surface area contributed by atoms with Gasteiger partial charge in [0.25, 0.3) is 0 Å². The molecule has 26 heavy (non-hydrogen) atoms. The number of aromatic hydroxyl groups is 1. The van der Waals surface area contributed by atoms with Crippen molar-refractivity contribution in [3.63, 3.8) is 0 Å². The lowest BCUT2D eigenvalue weighted by molar-refractivity contribution is 0.182. The molecular weight excluding hydrogens is 391 g/mol. The molecule has 0 aliphatic carbocycles. The zero-order chi connectivity index (χ0) is 19.1. The molecule has 0 bridgehead atoms. The van der Waals surface area contributed by atoms with E-state index < -0.39 is 7.12 Å². The maximum Gasteiger partial charge on any atom is 0.458 e.